The standard InChI is InChI=1S/C18H23N5O2S/c1-11-4-3-5-12(2)17(11)20-16(25)10-26-18-22-21-15(9-8-14(19)24)23(18)13-6-7-13/h3-5,13H,6-10H2,1-2H3,(H2,19,24)(H,20,25). The molecule has 0 saturated heterocycles. The Morgan fingerprint density at radius 3 is 2.58 bits per heavy atom. The van der Waals surface area contributed by atoms with E-state index in [4.69, 9.17) is 5.73 Å². The molecule has 0 bridgehead atoms. The number of carbonyl (C=O) groups excluding carboxylic acids is 2. The Morgan fingerprint density at radius 1 is 1.27 bits per heavy atom. The van der Waals surface area contributed by atoms with E-state index in [1.165, 1.54) is 11.8 Å². The van der Waals surface area contributed by atoms with Gasteiger partial charge in [-0.15, -0.1) is 10.2 Å². The van der Waals surface area contributed by atoms with Gasteiger partial charge < -0.3 is 15.6 Å². The van der Waals surface area contributed by atoms with Gasteiger partial charge in [0.25, 0.3) is 0 Å². The van der Waals surface area contributed by atoms with E-state index in [2.05, 4.69) is 20.1 Å². The molecule has 2 aromatic rings. The Bertz CT molecular complexity index is 809. The van der Waals surface area contributed by atoms with Crippen LogP contribution in [0, 0.1) is 13.8 Å². The quantitative estimate of drug-likeness (QED) is 0.692. The molecule has 7 nitrogen and oxygen atoms in total. The molecule has 2 amide bonds. The molecule has 0 atom stereocenters. The van der Waals surface area contributed by atoms with E-state index in [9.17, 15) is 9.59 Å². The van der Waals surface area contributed by atoms with Crippen LogP contribution in [0.25, 0.3) is 0 Å². The van der Waals surface area contributed by atoms with Crippen molar-refractivity contribution < 1.29 is 9.59 Å². The fraction of sp³-hybridized carbons (Fsp3) is 0.444. The number of hydrogen-bond acceptors (Lipinski definition) is 5. The molecule has 1 heterocycles. The molecule has 1 saturated carbocycles. The summed E-state index contributed by atoms with van der Waals surface area (Å²) in [5, 5.41) is 12.1. The van der Waals surface area contributed by atoms with E-state index >= 15 is 0 Å². The minimum absolute atomic E-state index is 0.0727. The lowest BCUT2D eigenvalue weighted by molar-refractivity contribution is -0.118. The Labute approximate surface area is 156 Å². The first kappa shape index (κ1) is 18.4. The number of carbonyl (C=O) groups is 2. The van der Waals surface area contributed by atoms with Crippen LogP contribution in [0.3, 0.4) is 0 Å². The normalized spacial score (nSPS) is 13.6. The lowest BCUT2D eigenvalue weighted by atomic mass is 10.1. The van der Waals surface area contributed by atoms with Crippen LogP contribution in [-0.2, 0) is 16.0 Å². The summed E-state index contributed by atoms with van der Waals surface area (Å²) in [4.78, 5) is 23.4. The van der Waals surface area contributed by atoms with Gasteiger partial charge in [0.2, 0.25) is 11.8 Å². The van der Waals surface area contributed by atoms with Crippen molar-refractivity contribution in [3.63, 3.8) is 0 Å². The first-order valence-corrected chi connectivity index (χ1v) is 9.65. The predicted octanol–water partition coefficient (Wildman–Crippen LogP) is 2.38. The van der Waals surface area contributed by atoms with Gasteiger partial charge in [-0.3, -0.25) is 9.59 Å². The molecule has 138 valence electrons. The van der Waals surface area contributed by atoms with Crippen LogP contribution in [0.2, 0.25) is 0 Å². The number of para-hydroxylation sites is 1. The van der Waals surface area contributed by atoms with E-state index in [1.54, 1.807) is 0 Å². The number of aryl methyl sites for hydroxylation is 3. The molecule has 0 spiro atoms. The Hall–Kier alpha value is -2.35. The van der Waals surface area contributed by atoms with Gasteiger partial charge in [0.15, 0.2) is 5.16 Å². The molecule has 0 aliphatic heterocycles. The summed E-state index contributed by atoms with van der Waals surface area (Å²) in [6.07, 6.45) is 2.88. The summed E-state index contributed by atoms with van der Waals surface area (Å²) >= 11 is 1.37. The number of primary amides is 1. The van der Waals surface area contributed by atoms with E-state index in [0.717, 1.165) is 40.6 Å². The number of nitrogens with two attached hydrogens (primary N) is 1. The number of hydrogen-bond donors (Lipinski definition) is 2. The third kappa shape index (κ3) is 4.43. The lowest BCUT2D eigenvalue weighted by Crippen LogP contribution is -2.16. The summed E-state index contributed by atoms with van der Waals surface area (Å²) in [7, 11) is 0. The maximum atomic E-state index is 12.4. The highest BCUT2D eigenvalue weighted by molar-refractivity contribution is 7.99. The zero-order valence-corrected chi connectivity index (χ0v) is 15.8. The molecular formula is C18H23N5O2S. The molecule has 1 aromatic carbocycles. The van der Waals surface area contributed by atoms with Crippen molar-refractivity contribution in [1.29, 1.82) is 0 Å². The van der Waals surface area contributed by atoms with E-state index < -0.39 is 0 Å². The summed E-state index contributed by atoms with van der Waals surface area (Å²) in [6.45, 7) is 3.95. The minimum atomic E-state index is -0.350. The van der Waals surface area contributed by atoms with Crippen LogP contribution in [-0.4, -0.2) is 32.3 Å². The summed E-state index contributed by atoms with van der Waals surface area (Å²) in [6, 6.07) is 6.30. The van der Waals surface area contributed by atoms with E-state index in [1.807, 2.05) is 32.0 Å². The number of benzene rings is 1. The van der Waals surface area contributed by atoms with Crippen LogP contribution in [0.1, 0.15) is 42.3 Å². The SMILES string of the molecule is Cc1cccc(C)c1NC(=O)CSc1nnc(CCC(N)=O)n1C1CC1. The highest BCUT2D eigenvalue weighted by atomic mass is 32.2. The van der Waals surface area contributed by atoms with Crippen molar-refractivity contribution in [2.75, 3.05) is 11.1 Å². The number of rotatable bonds is 8. The summed E-state index contributed by atoms with van der Waals surface area (Å²) < 4.78 is 2.06. The third-order valence-corrected chi connectivity index (χ3v) is 5.26. The number of nitrogens with one attached hydrogen (secondary N) is 1. The van der Waals surface area contributed by atoms with Gasteiger partial charge in [-0.1, -0.05) is 30.0 Å². The zero-order chi connectivity index (χ0) is 18.7. The Morgan fingerprint density at radius 2 is 1.96 bits per heavy atom. The molecule has 26 heavy (non-hydrogen) atoms. The van der Waals surface area contributed by atoms with Crippen LogP contribution in [0.4, 0.5) is 5.69 Å². The number of nitrogens with zero attached hydrogens (tertiary/aromatic N) is 3. The maximum Gasteiger partial charge on any atom is 0.234 e. The van der Waals surface area contributed by atoms with Crippen molar-refractivity contribution in [3.8, 4) is 0 Å². The number of aromatic nitrogens is 3. The Kier molecular flexibility index (Phi) is 5.61. The highest BCUT2D eigenvalue weighted by Gasteiger charge is 2.29. The second-order valence-electron chi connectivity index (χ2n) is 6.57. The monoisotopic (exact) mass is 373 g/mol. The number of amides is 2. The molecule has 1 aliphatic carbocycles. The van der Waals surface area contributed by atoms with Crippen LogP contribution in [0.5, 0.6) is 0 Å². The third-order valence-electron chi connectivity index (χ3n) is 4.32. The molecule has 3 rings (SSSR count). The van der Waals surface area contributed by atoms with Gasteiger partial charge in [-0.2, -0.15) is 0 Å². The van der Waals surface area contributed by atoms with Crippen LogP contribution in [0.15, 0.2) is 23.4 Å². The smallest absolute Gasteiger partial charge is 0.234 e. The van der Waals surface area contributed by atoms with Gasteiger partial charge in [-0.25, -0.2) is 0 Å². The van der Waals surface area contributed by atoms with Crippen molar-refractivity contribution in [2.45, 2.75) is 50.7 Å². The average Bonchev–Trinajstić information content (AvgIpc) is 3.35. The van der Waals surface area contributed by atoms with Crippen molar-refractivity contribution >= 4 is 29.3 Å². The van der Waals surface area contributed by atoms with Crippen molar-refractivity contribution in [2.24, 2.45) is 5.73 Å². The molecule has 1 aromatic heterocycles. The van der Waals surface area contributed by atoms with Gasteiger partial charge in [-0.05, 0) is 37.8 Å². The summed E-state index contributed by atoms with van der Waals surface area (Å²) in [5.74, 6) is 0.604. The van der Waals surface area contributed by atoms with Gasteiger partial charge in [0, 0.05) is 24.6 Å². The first-order valence-electron chi connectivity index (χ1n) is 8.66. The topological polar surface area (TPSA) is 103 Å². The highest BCUT2D eigenvalue weighted by Crippen LogP contribution is 2.39. The molecule has 1 fully saturated rings. The minimum Gasteiger partial charge on any atom is -0.370 e. The first-order chi connectivity index (χ1) is 12.5. The molecule has 1 aliphatic rings. The fourth-order valence-electron chi connectivity index (χ4n) is 2.83. The second kappa shape index (κ2) is 7.90. The second-order valence-corrected chi connectivity index (χ2v) is 7.51. The van der Waals surface area contributed by atoms with E-state index in [0.29, 0.717) is 12.5 Å². The zero-order valence-electron chi connectivity index (χ0n) is 15.0. The van der Waals surface area contributed by atoms with Gasteiger partial charge in [0.05, 0.1) is 5.75 Å². The van der Waals surface area contributed by atoms with Crippen molar-refractivity contribution in [3.05, 3.63) is 35.2 Å². The lowest BCUT2D eigenvalue weighted by Gasteiger charge is -2.11. The predicted molar refractivity (Wildman–Crippen MR) is 101 cm³/mol. The van der Waals surface area contributed by atoms with Gasteiger partial charge in [0.1, 0.15) is 5.82 Å². The molecule has 0 radical (unpaired) electrons. The Balaban J connectivity index is 1.64. The largest absolute Gasteiger partial charge is 0.370 e. The fourth-order valence-corrected chi connectivity index (χ4v) is 3.65. The van der Waals surface area contributed by atoms with Crippen LogP contribution >= 0.6 is 11.8 Å². The molecule has 0 unspecified atom stereocenters. The van der Waals surface area contributed by atoms with Gasteiger partial charge >= 0.3 is 0 Å². The average molecular weight is 373 g/mol. The number of anilines is 1. The molecule has 3 N–H and O–H groups in total. The van der Waals surface area contributed by atoms with Crippen molar-refractivity contribution in [1.82, 2.24) is 14.8 Å². The maximum absolute atomic E-state index is 12.4. The number of thioether (sulfide) groups is 1. The molecular weight excluding hydrogens is 350 g/mol. The summed E-state index contributed by atoms with van der Waals surface area (Å²) in [5.41, 5.74) is 8.18. The van der Waals surface area contributed by atoms with E-state index in [-0.39, 0.29) is 24.0 Å². The van der Waals surface area contributed by atoms with Crippen LogP contribution < -0.4 is 11.1 Å². The molecule has 8 heteroatoms.